The molecule has 104 valence electrons. The molecule has 1 aromatic carbocycles. The maximum atomic E-state index is 10.9. The van der Waals surface area contributed by atoms with Crippen molar-refractivity contribution in [2.45, 2.75) is 32.3 Å². The normalized spacial score (nSPS) is 11.9. The monoisotopic (exact) mass is 267 g/mol. The maximum Gasteiger partial charge on any atom is 0.305 e. The fourth-order valence-corrected chi connectivity index (χ4v) is 1.74. The Morgan fingerprint density at radius 2 is 2.21 bits per heavy atom. The Hall–Kier alpha value is -1.95. The minimum Gasteiger partial charge on any atom is -0.469 e. The van der Waals surface area contributed by atoms with Crippen molar-refractivity contribution in [3.05, 3.63) is 39.4 Å². The van der Waals surface area contributed by atoms with Crippen molar-refractivity contribution in [1.29, 1.82) is 0 Å². The molecule has 0 fully saturated rings. The summed E-state index contributed by atoms with van der Waals surface area (Å²) in [6.07, 6.45) is 0.232. The molecule has 0 aromatic heterocycles. The lowest BCUT2D eigenvalue weighted by Gasteiger charge is -2.11. The molecule has 0 amide bonds. The Bertz CT molecular complexity index is 472. The first-order chi connectivity index (χ1) is 8.95. The van der Waals surface area contributed by atoms with Gasteiger partial charge in [-0.25, -0.2) is 0 Å². The van der Waals surface area contributed by atoms with E-state index in [1.54, 1.807) is 19.1 Å². The van der Waals surface area contributed by atoms with E-state index in [-0.39, 0.29) is 18.1 Å². The lowest BCUT2D eigenvalue weighted by molar-refractivity contribution is -0.385. The summed E-state index contributed by atoms with van der Waals surface area (Å²) in [7, 11) is 1.31. The van der Waals surface area contributed by atoms with E-state index >= 15 is 0 Å². The maximum absolute atomic E-state index is 10.9. The summed E-state index contributed by atoms with van der Waals surface area (Å²) >= 11 is 0. The van der Waals surface area contributed by atoms with Crippen LogP contribution >= 0.6 is 0 Å². The van der Waals surface area contributed by atoms with Gasteiger partial charge in [0, 0.05) is 18.1 Å². The zero-order valence-corrected chi connectivity index (χ0v) is 11.0. The molecule has 0 saturated carbocycles. The molecule has 1 aromatic rings. The van der Waals surface area contributed by atoms with Gasteiger partial charge in [0.05, 0.1) is 18.1 Å². The molecular formula is C13H17NO5. The summed E-state index contributed by atoms with van der Waals surface area (Å²) in [5.74, 6) is -0.331. The number of hydrogen-bond acceptors (Lipinski definition) is 5. The third-order valence-corrected chi connectivity index (χ3v) is 2.90. The number of benzene rings is 1. The average molecular weight is 267 g/mol. The Morgan fingerprint density at radius 1 is 1.53 bits per heavy atom. The van der Waals surface area contributed by atoms with Gasteiger partial charge >= 0.3 is 5.97 Å². The van der Waals surface area contributed by atoms with Crippen LogP contribution in [0.3, 0.4) is 0 Å². The van der Waals surface area contributed by atoms with E-state index in [1.165, 1.54) is 13.2 Å². The third-order valence-electron chi connectivity index (χ3n) is 2.90. The van der Waals surface area contributed by atoms with Crippen molar-refractivity contribution in [1.82, 2.24) is 0 Å². The number of hydrogen-bond donors (Lipinski definition) is 1. The van der Waals surface area contributed by atoms with Crippen molar-refractivity contribution >= 4 is 11.7 Å². The van der Waals surface area contributed by atoms with Crippen molar-refractivity contribution in [3.8, 4) is 0 Å². The van der Waals surface area contributed by atoms with E-state index in [4.69, 9.17) is 0 Å². The summed E-state index contributed by atoms with van der Waals surface area (Å²) in [5.41, 5.74) is 1.03. The van der Waals surface area contributed by atoms with Crippen LogP contribution in [0.2, 0.25) is 0 Å². The first kappa shape index (κ1) is 15.1. The molecule has 0 spiro atoms. The Morgan fingerprint density at radius 3 is 2.79 bits per heavy atom. The van der Waals surface area contributed by atoms with Gasteiger partial charge in [-0.3, -0.25) is 14.9 Å². The highest BCUT2D eigenvalue weighted by Crippen LogP contribution is 2.25. The molecule has 0 aliphatic carbocycles. The van der Waals surface area contributed by atoms with Crippen LogP contribution in [0.15, 0.2) is 18.2 Å². The number of nitrogens with zero attached hydrogens (tertiary/aromatic N) is 1. The van der Waals surface area contributed by atoms with Crippen LogP contribution in [-0.2, 0) is 9.53 Å². The quantitative estimate of drug-likeness (QED) is 0.485. The molecule has 1 unspecified atom stereocenters. The molecule has 1 rings (SSSR count). The Balaban J connectivity index is 2.67. The van der Waals surface area contributed by atoms with Crippen LogP contribution in [0, 0.1) is 17.0 Å². The number of nitro groups is 1. The van der Waals surface area contributed by atoms with Crippen molar-refractivity contribution in [2.75, 3.05) is 7.11 Å². The Kier molecular flexibility index (Phi) is 5.44. The molecule has 1 atom stereocenters. The molecule has 0 bridgehead atoms. The van der Waals surface area contributed by atoms with Gasteiger partial charge in [-0.1, -0.05) is 12.1 Å². The van der Waals surface area contributed by atoms with Gasteiger partial charge in [0.1, 0.15) is 0 Å². The largest absolute Gasteiger partial charge is 0.469 e. The fraction of sp³-hybridized carbons (Fsp3) is 0.462. The summed E-state index contributed by atoms with van der Waals surface area (Å²) < 4.78 is 4.49. The summed E-state index contributed by atoms with van der Waals surface area (Å²) in [4.78, 5) is 21.3. The van der Waals surface area contributed by atoms with Gasteiger partial charge in [0.15, 0.2) is 0 Å². The predicted molar refractivity (Wildman–Crippen MR) is 68.7 cm³/mol. The second kappa shape index (κ2) is 6.84. The molecule has 0 saturated heterocycles. The highest BCUT2D eigenvalue weighted by molar-refractivity contribution is 5.69. The first-order valence-corrected chi connectivity index (χ1v) is 5.95. The lowest BCUT2D eigenvalue weighted by atomic mass is 10.0. The van der Waals surface area contributed by atoms with Crippen LogP contribution < -0.4 is 0 Å². The second-order valence-corrected chi connectivity index (χ2v) is 4.29. The second-order valence-electron chi connectivity index (χ2n) is 4.29. The number of carbonyl (C=O) groups excluding carboxylic acids is 1. The van der Waals surface area contributed by atoms with Crippen LogP contribution in [0.4, 0.5) is 5.69 Å². The third kappa shape index (κ3) is 4.33. The number of rotatable bonds is 6. The SMILES string of the molecule is COC(=O)CCCC(O)c1ccc(C)c([N+](=O)[O-])c1. The molecule has 1 N–H and O–H groups in total. The van der Waals surface area contributed by atoms with E-state index < -0.39 is 11.0 Å². The van der Waals surface area contributed by atoms with Crippen molar-refractivity contribution in [2.24, 2.45) is 0 Å². The minimum atomic E-state index is -0.816. The lowest BCUT2D eigenvalue weighted by Crippen LogP contribution is -2.03. The highest BCUT2D eigenvalue weighted by atomic mass is 16.6. The molecule has 0 heterocycles. The van der Waals surface area contributed by atoms with Crippen LogP contribution in [0.5, 0.6) is 0 Å². The smallest absolute Gasteiger partial charge is 0.305 e. The molecule has 0 aliphatic heterocycles. The van der Waals surface area contributed by atoms with Gasteiger partial charge in [0.2, 0.25) is 0 Å². The molecule has 6 nitrogen and oxygen atoms in total. The van der Waals surface area contributed by atoms with Crippen molar-refractivity contribution in [3.63, 3.8) is 0 Å². The number of aliphatic hydroxyl groups excluding tert-OH is 1. The number of aliphatic hydroxyl groups is 1. The van der Waals surface area contributed by atoms with E-state index in [2.05, 4.69) is 4.74 Å². The van der Waals surface area contributed by atoms with Gasteiger partial charge in [-0.05, 0) is 25.3 Å². The number of nitro benzene ring substituents is 1. The van der Waals surface area contributed by atoms with E-state index in [1.807, 2.05) is 0 Å². The van der Waals surface area contributed by atoms with E-state index in [9.17, 15) is 20.0 Å². The number of ether oxygens (including phenoxy) is 1. The fourth-order valence-electron chi connectivity index (χ4n) is 1.74. The first-order valence-electron chi connectivity index (χ1n) is 5.95. The Labute approximate surface area is 111 Å². The van der Waals surface area contributed by atoms with Gasteiger partial charge < -0.3 is 9.84 Å². The zero-order chi connectivity index (χ0) is 14.4. The van der Waals surface area contributed by atoms with E-state index in [0.717, 1.165) is 0 Å². The van der Waals surface area contributed by atoms with Crippen LogP contribution in [0.1, 0.15) is 36.5 Å². The number of carbonyl (C=O) groups is 1. The molecule has 6 heteroatoms. The van der Waals surface area contributed by atoms with Crippen LogP contribution in [0.25, 0.3) is 0 Å². The summed E-state index contributed by atoms with van der Waals surface area (Å²) in [6.45, 7) is 1.64. The zero-order valence-electron chi connectivity index (χ0n) is 11.0. The highest BCUT2D eigenvalue weighted by Gasteiger charge is 2.15. The average Bonchev–Trinajstić information content (AvgIpc) is 2.38. The van der Waals surface area contributed by atoms with Gasteiger partial charge in [0.25, 0.3) is 5.69 Å². The van der Waals surface area contributed by atoms with Crippen molar-refractivity contribution < 1.29 is 19.6 Å². The number of esters is 1. The molecular weight excluding hydrogens is 250 g/mol. The number of methoxy groups -OCH3 is 1. The topological polar surface area (TPSA) is 89.7 Å². The molecule has 19 heavy (non-hydrogen) atoms. The standard InChI is InChI=1S/C13H17NO5/c1-9-6-7-10(8-11(9)14(17)18)12(15)4-3-5-13(16)19-2/h6-8,12,15H,3-5H2,1-2H3. The molecule has 0 radical (unpaired) electrons. The summed E-state index contributed by atoms with van der Waals surface area (Å²) in [5, 5.41) is 20.7. The minimum absolute atomic E-state index is 0.00971. The van der Waals surface area contributed by atoms with E-state index in [0.29, 0.717) is 24.0 Å². The number of aryl methyl sites for hydroxylation is 1. The van der Waals surface area contributed by atoms with Gasteiger partial charge in [-0.2, -0.15) is 0 Å². The molecule has 0 aliphatic rings. The van der Waals surface area contributed by atoms with Gasteiger partial charge in [-0.15, -0.1) is 0 Å². The van der Waals surface area contributed by atoms with Crippen LogP contribution in [-0.4, -0.2) is 23.1 Å². The summed E-state index contributed by atoms with van der Waals surface area (Å²) in [6, 6.07) is 4.64. The predicted octanol–water partition coefficient (Wildman–Crippen LogP) is 2.28.